The molecular formula is C19H23N3O4. The molecule has 2 aromatic carbocycles. The maximum Gasteiger partial charge on any atom is 0.312 e. The molecule has 0 aliphatic carbocycles. The number of carbonyl (C=O) groups excluding carboxylic acids is 2. The Morgan fingerprint density at radius 3 is 2.27 bits per heavy atom. The molecule has 0 unspecified atom stereocenters. The summed E-state index contributed by atoms with van der Waals surface area (Å²) in [5.41, 5.74) is 7.48. The Morgan fingerprint density at radius 1 is 1.08 bits per heavy atom. The highest BCUT2D eigenvalue weighted by molar-refractivity contribution is 5.92. The molecule has 0 fully saturated rings. The lowest BCUT2D eigenvalue weighted by atomic mass is 10.0. The first-order valence-corrected chi connectivity index (χ1v) is 8.08. The lowest BCUT2D eigenvalue weighted by molar-refractivity contribution is -0.116. The Morgan fingerprint density at radius 2 is 1.69 bits per heavy atom. The van der Waals surface area contributed by atoms with Crippen molar-refractivity contribution in [2.75, 3.05) is 19.5 Å². The van der Waals surface area contributed by atoms with Crippen molar-refractivity contribution >= 4 is 17.6 Å². The van der Waals surface area contributed by atoms with Crippen molar-refractivity contribution in [1.82, 2.24) is 5.32 Å². The Bertz CT molecular complexity index is 778. The molecule has 0 saturated carbocycles. The predicted octanol–water partition coefficient (Wildman–Crippen LogP) is 2.75. The van der Waals surface area contributed by atoms with Crippen LogP contribution in [0.2, 0.25) is 0 Å². The summed E-state index contributed by atoms with van der Waals surface area (Å²) < 4.78 is 10.5. The van der Waals surface area contributed by atoms with Crippen molar-refractivity contribution in [2.24, 2.45) is 5.73 Å². The first-order valence-electron chi connectivity index (χ1n) is 8.08. The Hall–Kier alpha value is -3.22. The van der Waals surface area contributed by atoms with Gasteiger partial charge in [0, 0.05) is 11.8 Å². The van der Waals surface area contributed by atoms with Crippen LogP contribution in [0.25, 0.3) is 0 Å². The van der Waals surface area contributed by atoms with E-state index in [9.17, 15) is 9.59 Å². The van der Waals surface area contributed by atoms with E-state index >= 15 is 0 Å². The molecule has 2 aromatic rings. The smallest absolute Gasteiger partial charge is 0.312 e. The molecule has 0 saturated heterocycles. The second-order valence-corrected chi connectivity index (χ2v) is 5.75. The number of aryl methyl sites for hydroxylation is 1. The number of nitrogens with one attached hydrogen (secondary N) is 2. The van der Waals surface area contributed by atoms with Crippen LogP contribution in [0.3, 0.4) is 0 Å². The van der Waals surface area contributed by atoms with Crippen LogP contribution < -0.4 is 25.8 Å². The van der Waals surface area contributed by atoms with Crippen LogP contribution in [-0.4, -0.2) is 26.2 Å². The van der Waals surface area contributed by atoms with Gasteiger partial charge in [0.2, 0.25) is 5.91 Å². The van der Waals surface area contributed by atoms with E-state index in [1.165, 1.54) is 7.11 Å². The van der Waals surface area contributed by atoms with E-state index in [0.29, 0.717) is 17.2 Å². The maximum absolute atomic E-state index is 12.5. The summed E-state index contributed by atoms with van der Waals surface area (Å²) in [5, 5.41) is 5.44. The number of hydrogen-bond donors (Lipinski definition) is 3. The first kappa shape index (κ1) is 19.1. The standard InChI is InChI=1S/C19H23N3O4/c1-12-9-16(25-2)17(26-3)10-14(12)21-18(23)11-15(22-19(20)24)13-7-5-4-6-8-13/h4-10,15H,11H2,1-3H3,(H,21,23)(H3,20,22,24)/t15-/m0/s1. The van der Waals surface area contributed by atoms with Gasteiger partial charge in [-0.05, 0) is 24.1 Å². The van der Waals surface area contributed by atoms with Gasteiger partial charge < -0.3 is 25.8 Å². The molecule has 0 aliphatic rings. The zero-order chi connectivity index (χ0) is 19.1. The molecule has 0 bridgehead atoms. The van der Waals surface area contributed by atoms with E-state index in [1.54, 1.807) is 19.2 Å². The molecule has 1 atom stereocenters. The van der Waals surface area contributed by atoms with Gasteiger partial charge in [-0.2, -0.15) is 0 Å². The number of ether oxygens (including phenoxy) is 2. The molecule has 26 heavy (non-hydrogen) atoms. The first-order chi connectivity index (χ1) is 12.4. The number of primary amides is 1. The number of nitrogens with two attached hydrogens (primary N) is 1. The Labute approximate surface area is 152 Å². The van der Waals surface area contributed by atoms with Gasteiger partial charge in [0.25, 0.3) is 0 Å². The van der Waals surface area contributed by atoms with Gasteiger partial charge in [-0.15, -0.1) is 0 Å². The molecule has 2 rings (SSSR count). The molecule has 0 aliphatic heterocycles. The third-order valence-corrected chi connectivity index (χ3v) is 3.91. The zero-order valence-electron chi connectivity index (χ0n) is 15.0. The van der Waals surface area contributed by atoms with Gasteiger partial charge in [0.15, 0.2) is 11.5 Å². The highest BCUT2D eigenvalue weighted by Crippen LogP contribution is 2.33. The van der Waals surface area contributed by atoms with Crippen LogP contribution >= 0.6 is 0 Å². The number of benzene rings is 2. The zero-order valence-corrected chi connectivity index (χ0v) is 15.0. The molecule has 0 heterocycles. The van der Waals surface area contributed by atoms with Gasteiger partial charge in [-0.1, -0.05) is 30.3 Å². The van der Waals surface area contributed by atoms with E-state index < -0.39 is 12.1 Å². The molecule has 4 N–H and O–H groups in total. The Kier molecular flexibility index (Phi) is 6.43. The second-order valence-electron chi connectivity index (χ2n) is 5.75. The molecule has 0 aromatic heterocycles. The van der Waals surface area contributed by atoms with Crippen molar-refractivity contribution in [3.63, 3.8) is 0 Å². The van der Waals surface area contributed by atoms with Crippen LogP contribution in [0, 0.1) is 6.92 Å². The largest absolute Gasteiger partial charge is 0.493 e. The number of hydrogen-bond acceptors (Lipinski definition) is 4. The summed E-state index contributed by atoms with van der Waals surface area (Å²) in [6.07, 6.45) is 0.0424. The molecule has 7 nitrogen and oxygen atoms in total. The average molecular weight is 357 g/mol. The highest BCUT2D eigenvalue weighted by Gasteiger charge is 2.18. The van der Waals surface area contributed by atoms with Crippen molar-refractivity contribution < 1.29 is 19.1 Å². The summed E-state index contributed by atoms with van der Waals surface area (Å²) >= 11 is 0. The highest BCUT2D eigenvalue weighted by atomic mass is 16.5. The van der Waals surface area contributed by atoms with Gasteiger partial charge in [-0.3, -0.25) is 4.79 Å². The summed E-state index contributed by atoms with van der Waals surface area (Å²) in [6.45, 7) is 1.86. The van der Waals surface area contributed by atoms with Gasteiger partial charge in [-0.25, -0.2) is 4.79 Å². The van der Waals surface area contributed by atoms with E-state index in [1.807, 2.05) is 37.3 Å². The topological polar surface area (TPSA) is 103 Å². The third-order valence-electron chi connectivity index (χ3n) is 3.91. The fourth-order valence-electron chi connectivity index (χ4n) is 2.61. The number of rotatable bonds is 7. The lowest BCUT2D eigenvalue weighted by Crippen LogP contribution is -2.35. The minimum absolute atomic E-state index is 0.0424. The van der Waals surface area contributed by atoms with Crippen LogP contribution in [-0.2, 0) is 4.79 Å². The lowest BCUT2D eigenvalue weighted by Gasteiger charge is -2.19. The second kappa shape index (κ2) is 8.75. The molecule has 0 radical (unpaired) electrons. The quantitative estimate of drug-likeness (QED) is 0.709. The third kappa shape index (κ3) is 4.89. The van der Waals surface area contributed by atoms with Crippen LogP contribution in [0.5, 0.6) is 11.5 Å². The van der Waals surface area contributed by atoms with Crippen molar-refractivity contribution in [1.29, 1.82) is 0 Å². The van der Waals surface area contributed by atoms with Gasteiger partial charge in [0.05, 0.1) is 26.7 Å². The minimum Gasteiger partial charge on any atom is -0.493 e. The van der Waals surface area contributed by atoms with Crippen molar-refractivity contribution in [2.45, 2.75) is 19.4 Å². The fraction of sp³-hybridized carbons (Fsp3) is 0.263. The average Bonchev–Trinajstić information content (AvgIpc) is 2.62. The maximum atomic E-state index is 12.5. The summed E-state index contributed by atoms with van der Waals surface area (Å²) in [7, 11) is 3.08. The minimum atomic E-state index is -0.686. The molecule has 138 valence electrons. The number of amides is 3. The van der Waals surface area contributed by atoms with Crippen molar-refractivity contribution in [3.05, 3.63) is 53.6 Å². The van der Waals surface area contributed by atoms with Crippen LogP contribution in [0.1, 0.15) is 23.6 Å². The van der Waals surface area contributed by atoms with E-state index in [4.69, 9.17) is 15.2 Å². The SMILES string of the molecule is COc1cc(C)c(NC(=O)C[C@H](NC(N)=O)c2ccccc2)cc1OC. The van der Waals surface area contributed by atoms with Crippen LogP contribution in [0.4, 0.5) is 10.5 Å². The molecule has 3 amide bonds. The summed E-state index contributed by atoms with van der Waals surface area (Å²) in [6, 6.07) is 11.5. The van der Waals surface area contributed by atoms with Crippen molar-refractivity contribution in [3.8, 4) is 11.5 Å². The van der Waals surface area contributed by atoms with E-state index in [0.717, 1.165) is 11.1 Å². The van der Waals surface area contributed by atoms with E-state index in [2.05, 4.69) is 10.6 Å². The fourth-order valence-corrected chi connectivity index (χ4v) is 2.61. The number of methoxy groups -OCH3 is 2. The molecule has 7 heteroatoms. The van der Waals surface area contributed by atoms with Gasteiger partial charge in [0.1, 0.15) is 0 Å². The summed E-state index contributed by atoms with van der Waals surface area (Å²) in [5.74, 6) is 0.840. The predicted molar refractivity (Wildman–Crippen MR) is 99.4 cm³/mol. The monoisotopic (exact) mass is 357 g/mol. The summed E-state index contributed by atoms with van der Waals surface area (Å²) in [4.78, 5) is 23.8. The van der Waals surface area contributed by atoms with E-state index in [-0.39, 0.29) is 12.3 Å². The normalized spacial score (nSPS) is 11.3. The molecular weight excluding hydrogens is 334 g/mol. The Balaban J connectivity index is 2.16. The number of urea groups is 1. The van der Waals surface area contributed by atoms with Crippen LogP contribution in [0.15, 0.2) is 42.5 Å². The number of carbonyl (C=O) groups is 2. The van der Waals surface area contributed by atoms with Gasteiger partial charge >= 0.3 is 6.03 Å². The number of anilines is 1. The molecule has 0 spiro atoms.